The number of esters is 1. The number of anilines is 1. The number of ketones is 1. The molecule has 1 atom stereocenters. The maximum atomic E-state index is 13.8. The molecule has 0 radical (unpaired) electrons. The Morgan fingerprint density at radius 2 is 1.87 bits per heavy atom. The van der Waals surface area contributed by atoms with Gasteiger partial charge >= 0.3 is 5.97 Å². The number of hydrogen-bond acceptors (Lipinski definition) is 8. The Morgan fingerprint density at radius 3 is 2.54 bits per heavy atom. The number of carbonyl (C=O) groups excluding carboxylic acids is 3. The van der Waals surface area contributed by atoms with Gasteiger partial charge in [-0.05, 0) is 55.3 Å². The highest BCUT2D eigenvalue weighted by molar-refractivity contribution is 6.20. The van der Waals surface area contributed by atoms with Gasteiger partial charge < -0.3 is 19.0 Å². The lowest BCUT2D eigenvalue weighted by molar-refractivity contribution is -0.146. The van der Waals surface area contributed by atoms with Gasteiger partial charge in [-0.25, -0.2) is 0 Å². The molecule has 9 heteroatoms. The van der Waals surface area contributed by atoms with Gasteiger partial charge in [0.1, 0.15) is 0 Å². The molecule has 1 N–H and O–H groups in total. The average Bonchev–Trinajstić information content (AvgIpc) is 3.48. The first-order valence-corrected chi connectivity index (χ1v) is 12.3. The third-order valence-corrected chi connectivity index (χ3v) is 6.33. The minimum absolute atomic E-state index is 0.0430. The van der Waals surface area contributed by atoms with Crippen LogP contribution in [0.25, 0.3) is 11.0 Å². The molecule has 39 heavy (non-hydrogen) atoms. The van der Waals surface area contributed by atoms with Crippen LogP contribution in [0.1, 0.15) is 41.6 Å². The molecule has 9 nitrogen and oxygen atoms in total. The molecule has 3 heterocycles. The molecule has 5 rings (SSSR count). The maximum absolute atomic E-state index is 13.8. The molecule has 0 spiro atoms. The van der Waals surface area contributed by atoms with Crippen LogP contribution in [0.3, 0.4) is 0 Å². The summed E-state index contributed by atoms with van der Waals surface area (Å²) in [4.78, 5) is 44.8. The molecule has 1 aliphatic rings. The van der Waals surface area contributed by atoms with E-state index in [0.29, 0.717) is 33.5 Å². The molecule has 0 saturated heterocycles. The number of benzene rings is 2. The monoisotopic (exact) mass is 526 g/mol. The molecule has 1 unspecified atom stereocenters. The molecular weight excluding hydrogens is 500 g/mol. The van der Waals surface area contributed by atoms with Crippen molar-refractivity contribution in [2.45, 2.75) is 32.4 Å². The largest absolute Gasteiger partial charge is 0.503 e. The van der Waals surface area contributed by atoms with Crippen LogP contribution in [0.15, 0.2) is 88.8 Å². The van der Waals surface area contributed by atoms with Crippen LogP contribution in [0, 0.1) is 0 Å². The maximum Gasteiger partial charge on any atom is 0.310 e. The van der Waals surface area contributed by atoms with Crippen molar-refractivity contribution in [3.8, 4) is 5.75 Å². The molecular formula is C30H26N2O7. The van der Waals surface area contributed by atoms with Gasteiger partial charge in [0.2, 0.25) is 5.78 Å². The number of ether oxygens (including phenoxy) is 2. The summed E-state index contributed by atoms with van der Waals surface area (Å²) in [5, 5.41) is 11.6. The minimum Gasteiger partial charge on any atom is -0.503 e. The van der Waals surface area contributed by atoms with E-state index in [1.54, 1.807) is 80.7 Å². The molecule has 1 amide bonds. The van der Waals surface area contributed by atoms with E-state index in [1.165, 1.54) is 18.2 Å². The number of fused-ring (bicyclic) bond motifs is 1. The van der Waals surface area contributed by atoms with Gasteiger partial charge in [0.05, 0.1) is 31.2 Å². The molecule has 2 aromatic carbocycles. The smallest absolute Gasteiger partial charge is 0.310 e. The van der Waals surface area contributed by atoms with Crippen LogP contribution in [0.4, 0.5) is 5.69 Å². The van der Waals surface area contributed by atoms with Crippen LogP contribution in [0.5, 0.6) is 5.75 Å². The average molecular weight is 527 g/mol. The Hall–Kier alpha value is -4.92. The molecule has 0 fully saturated rings. The van der Waals surface area contributed by atoms with Crippen LogP contribution < -0.4 is 9.64 Å². The third-order valence-electron chi connectivity index (χ3n) is 6.33. The molecule has 0 saturated carbocycles. The number of pyridine rings is 1. The lowest BCUT2D eigenvalue weighted by Crippen LogP contribution is -2.31. The number of aliphatic hydroxyl groups is 1. The SMILES string of the molecule is COc1cccc2cc(C(=O)C3=C(O)C(=O)N(c4ccc(CC(=O)OC(C)C)cc4)C3c3cccnc3)oc12. The second kappa shape index (κ2) is 10.4. The van der Waals surface area contributed by atoms with Gasteiger partial charge in [-0.1, -0.05) is 30.3 Å². The van der Waals surface area contributed by atoms with E-state index in [-0.39, 0.29) is 29.8 Å². The number of nitrogens with zero attached hydrogens (tertiary/aromatic N) is 2. The van der Waals surface area contributed by atoms with Crippen molar-refractivity contribution < 1.29 is 33.4 Å². The van der Waals surface area contributed by atoms with Crippen molar-refractivity contribution in [3.63, 3.8) is 0 Å². The van der Waals surface area contributed by atoms with Gasteiger partial charge in [0, 0.05) is 23.5 Å². The van der Waals surface area contributed by atoms with Gasteiger partial charge in [-0.15, -0.1) is 0 Å². The topological polar surface area (TPSA) is 119 Å². The van der Waals surface area contributed by atoms with E-state index in [4.69, 9.17) is 13.9 Å². The van der Waals surface area contributed by atoms with Gasteiger partial charge in [-0.3, -0.25) is 24.3 Å². The highest BCUT2D eigenvalue weighted by Gasteiger charge is 2.45. The predicted octanol–water partition coefficient (Wildman–Crippen LogP) is 5.11. The van der Waals surface area contributed by atoms with E-state index >= 15 is 0 Å². The quantitative estimate of drug-likeness (QED) is 0.248. The summed E-state index contributed by atoms with van der Waals surface area (Å²) >= 11 is 0. The first-order chi connectivity index (χ1) is 18.8. The van der Waals surface area contributed by atoms with Crippen LogP contribution in [-0.4, -0.2) is 41.0 Å². The van der Waals surface area contributed by atoms with E-state index in [1.807, 2.05) is 0 Å². The van der Waals surface area contributed by atoms with E-state index in [9.17, 15) is 19.5 Å². The van der Waals surface area contributed by atoms with Crippen molar-refractivity contribution in [2.75, 3.05) is 12.0 Å². The Bertz CT molecular complexity index is 1590. The predicted molar refractivity (Wildman–Crippen MR) is 143 cm³/mol. The third kappa shape index (κ3) is 4.86. The van der Waals surface area contributed by atoms with Crippen LogP contribution >= 0.6 is 0 Å². The summed E-state index contributed by atoms with van der Waals surface area (Å²) in [5.74, 6) is -2.01. The van der Waals surface area contributed by atoms with E-state index in [0.717, 1.165) is 0 Å². The fraction of sp³-hybridized carbons (Fsp3) is 0.200. The number of Topliss-reactive ketones (excluding diaryl/α,β-unsaturated/α-hetero) is 1. The summed E-state index contributed by atoms with van der Waals surface area (Å²) in [5.41, 5.74) is 1.90. The number of methoxy groups -OCH3 is 1. The van der Waals surface area contributed by atoms with Gasteiger partial charge in [0.25, 0.3) is 5.91 Å². The van der Waals surface area contributed by atoms with Crippen molar-refractivity contribution in [1.29, 1.82) is 0 Å². The minimum atomic E-state index is -0.967. The van der Waals surface area contributed by atoms with Crippen molar-refractivity contribution in [3.05, 3.63) is 101 Å². The highest BCUT2D eigenvalue weighted by Crippen LogP contribution is 2.42. The van der Waals surface area contributed by atoms with Crippen LogP contribution in [0.2, 0.25) is 0 Å². The van der Waals surface area contributed by atoms with Gasteiger partial charge in [0.15, 0.2) is 22.9 Å². The second-order valence-corrected chi connectivity index (χ2v) is 9.33. The number of aliphatic hydroxyl groups excluding tert-OH is 1. The molecule has 198 valence electrons. The zero-order chi connectivity index (χ0) is 27.7. The second-order valence-electron chi connectivity index (χ2n) is 9.33. The number of para-hydroxylation sites is 1. The highest BCUT2D eigenvalue weighted by atomic mass is 16.5. The number of aromatic nitrogens is 1. The fourth-order valence-corrected chi connectivity index (χ4v) is 4.64. The zero-order valence-electron chi connectivity index (χ0n) is 21.6. The summed E-state index contributed by atoms with van der Waals surface area (Å²) < 4.78 is 16.4. The first-order valence-electron chi connectivity index (χ1n) is 12.3. The normalized spacial score (nSPS) is 15.3. The summed E-state index contributed by atoms with van der Waals surface area (Å²) in [7, 11) is 1.50. The van der Waals surface area contributed by atoms with Crippen molar-refractivity contribution in [1.82, 2.24) is 4.98 Å². The number of carbonyl (C=O) groups is 3. The summed E-state index contributed by atoms with van der Waals surface area (Å²) in [6, 6.07) is 16.0. The Labute approximate surface area is 224 Å². The molecule has 1 aliphatic heterocycles. The van der Waals surface area contributed by atoms with Crippen molar-refractivity contribution >= 4 is 34.3 Å². The first kappa shape index (κ1) is 25.7. The summed E-state index contributed by atoms with van der Waals surface area (Å²) in [6.45, 7) is 3.55. The van der Waals surface area contributed by atoms with E-state index < -0.39 is 23.5 Å². The standard InChI is InChI=1S/C30H26N2O7/c1-17(2)38-24(33)14-18-9-11-21(12-10-18)32-26(20-7-5-13-31-16-20)25(28(35)30(32)36)27(34)23-15-19-6-4-8-22(37-3)29(19)39-23/h4-13,15-17,26,35H,14H2,1-3H3. The number of furan rings is 1. The Kier molecular flexibility index (Phi) is 6.89. The summed E-state index contributed by atoms with van der Waals surface area (Å²) in [6.07, 6.45) is 2.96. The lowest BCUT2D eigenvalue weighted by atomic mass is 9.95. The molecule has 0 bridgehead atoms. The number of amides is 1. The number of hydrogen-bond donors (Lipinski definition) is 1. The lowest BCUT2D eigenvalue weighted by Gasteiger charge is -2.26. The van der Waals surface area contributed by atoms with Gasteiger partial charge in [-0.2, -0.15) is 0 Å². The molecule has 0 aliphatic carbocycles. The fourth-order valence-electron chi connectivity index (χ4n) is 4.64. The Balaban J connectivity index is 1.53. The number of rotatable bonds is 8. The molecule has 2 aromatic heterocycles. The molecule has 4 aromatic rings. The van der Waals surface area contributed by atoms with Crippen molar-refractivity contribution in [2.24, 2.45) is 0 Å². The van der Waals surface area contributed by atoms with E-state index in [2.05, 4.69) is 4.98 Å². The zero-order valence-corrected chi connectivity index (χ0v) is 21.6. The van der Waals surface area contributed by atoms with Crippen LogP contribution in [-0.2, 0) is 20.7 Å². The Morgan fingerprint density at radius 1 is 1.10 bits per heavy atom.